The first-order valence-electron chi connectivity index (χ1n) is 8.36. The summed E-state index contributed by atoms with van der Waals surface area (Å²) in [6, 6.07) is 7.22. The molecule has 3 rings (SSSR count). The lowest BCUT2D eigenvalue weighted by molar-refractivity contribution is 0.0633. The van der Waals surface area contributed by atoms with Gasteiger partial charge in [-0.1, -0.05) is 11.6 Å². The number of hydrogen-bond acceptors (Lipinski definition) is 3. The third-order valence-corrected chi connectivity index (χ3v) is 4.76. The number of carbonyl (C=O) groups excluding carboxylic acids is 1. The number of anilines is 1. The third kappa shape index (κ3) is 5.09. The lowest BCUT2D eigenvalue weighted by atomic mass is 10.0. The number of hydrogen-bond donors (Lipinski definition) is 2. The normalized spacial score (nSPS) is 22.9. The second-order valence-corrected chi connectivity index (χ2v) is 6.75. The number of rotatable bonds is 4. The van der Waals surface area contributed by atoms with E-state index in [-0.39, 0.29) is 12.1 Å². The van der Waals surface area contributed by atoms with Gasteiger partial charge in [0.2, 0.25) is 0 Å². The van der Waals surface area contributed by atoms with Crippen molar-refractivity contribution in [1.82, 2.24) is 10.2 Å². The quantitative estimate of drug-likeness (QED) is 0.887. The SMILES string of the molecule is O=C(Nc1ccc(Cl)cc1)NC1CCN(CC2CCCO2)CC1. The molecule has 0 radical (unpaired) electrons. The van der Waals surface area contributed by atoms with E-state index in [1.807, 2.05) is 0 Å². The summed E-state index contributed by atoms with van der Waals surface area (Å²) in [5.41, 5.74) is 0.753. The summed E-state index contributed by atoms with van der Waals surface area (Å²) in [7, 11) is 0. The molecule has 2 saturated heterocycles. The minimum Gasteiger partial charge on any atom is -0.377 e. The Balaban J connectivity index is 1.37. The zero-order chi connectivity index (χ0) is 16.1. The Morgan fingerprint density at radius 3 is 2.61 bits per heavy atom. The van der Waals surface area contributed by atoms with Crippen molar-refractivity contribution in [2.75, 3.05) is 31.6 Å². The number of carbonyl (C=O) groups is 1. The predicted molar refractivity (Wildman–Crippen MR) is 92.0 cm³/mol. The van der Waals surface area contributed by atoms with Crippen LogP contribution in [0.5, 0.6) is 0 Å². The summed E-state index contributed by atoms with van der Waals surface area (Å²) in [6.07, 6.45) is 4.75. The molecule has 6 heteroatoms. The van der Waals surface area contributed by atoms with Gasteiger partial charge in [0.1, 0.15) is 0 Å². The molecule has 2 heterocycles. The zero-order valence-corrected chi connectivity index (χ0v) is 14.0. The van der Waals surface area contributed by atoms with Crippen LogP contribution in [0.2, 0.25) is 5.02 Å². The van der Waals surface area contributed by atoms with Crippen molar-refractivity contribution in [2.24, 2.45) is 0 Å². The average molecular weight is 338 g/mol. The number of amides is 2. The van der Waals surface area contributed by atoms with Crippen LogP contribution in [-0.2, 0) is 4.74 Å². The van der Waals surface area contributed by atoms with E-state index < -0.39 is 0 Å². The molecule has 0 saturated carbocycles. The first kappa shape index (κ1) is 16.6. The molecular weight excluding hydrogens is 314 g/mol. The van der Waals surface area contributed by atoms with E-state index in [1.165, 1.54) is 12.8 Å². The van der Waals surface area contributed by atoms with E-state index in [4.69, 9.17) is 16.3 Å². The van der Waals surface area contributed by atoms with E-state index in [0.29, 0.717) is 11.1 Å². The van der Waals surface area contributed by atoms with Crippen molar-refractivity contribution in [3.8, 4) is 0 Å². The van der Waals surface area contributed by atoms with Crippen molar-refractivity contribution in [3.05, 3.63) is 29.3 Å². The van der Waals surface area contributed by atoms with E-state index >= 15 is 0 Å². The standard InChI is InChI=1S/C17H24ClN3O2/c18-13-3-5-14(6-4-13)19-17(22)20-15-7-9-21(10-8-15)12-16-2-1-11-23-16/h3-6,15-16H,1-2,7-12H2,(H2,19,20,22). The highest BCUT2D eigenvalue weighted by atomic mass is 35.5. The molecule has 2 aliphatic heterocycles. The van der Waals surface area contributed by atoms with Crippen molar-refractivity contribution in [1.29, 1.82) is 0 Å². The van der Waals surface area contributed by atoms with Gasteiger partial charge in [0, 0.05) is 43.0 Å². The van der Waals surface area contributed by atoms with Crippen LogP contribution in [0.3, 0.4) is 0 Å². The summed E-state index contributed by atoms with van der Waals surface area (Å²) in [5.74, 6) is 0. The molecule has 0 aliphatic carbocycles. The van der Waals surface area contributed by atoms with Gasteiger partial charge in [-0.3, -0.25) is 0 Å². The number of nitrogens with zero attached hydrogens (tertiary/aromatic N) is 1. The van der Waals surface area contributed by atoms with Crippen LogP contribution in [0.15, 0.2) is 24.3 Å². The number of urea groups is 1. The van der Waals surface area contributed by atoms with E-state index in [2.05, 4.69) is 15.5 Å². The largest absolute Gasteiger partial charge is 0.377 e. The lowest BCUT2D eigenvalue weighted by Crippen LogP contribution is -2.47. The van der Waals surface area contributed by atoms with Crippen molar-refractivity contribution < 1.29 is 9.53 Å². The minimum atomic E-state index is -0.148. The fourth-order valence-electron chi connectivity index (χ4n) is 3.22. The highest BCUT2D eigenvalue weighted by molar-refractivity contribution is 6.30. The molecule has 2 amide bonds. The molecule has 5 nitrogen and oxygen atoms in total. The van der Waals surface area contributed by atoms with Gasteiger partial charge in [-0.05, 0) is 49.9 Å². The monoisotopic (exact) mass is 337 g/mol. The first-order valence-corrected chi connectivity index (χ1v) is 8.74. The van der Waals surface area contributed by atoms with E-state index in [9.17, 15) is 4.79 Å². The van der Waals surface area contributed by atoms with Crippen LogP contribution < -0.4 is 10.6 Å². The van der Waals surface area contributed by atoms with Gasteiger partial charge in [0.25, 0.3) is 0 Å². The molecule has 2 fully saturated rings. The van der Waals surface area contributed by atoms with E-state index in [1.54, 1.807) is 24.3 Å². The molecule has 0 bridgehead atoms. The van der Waals surface area contributed by atoms with Gasteiger partial charge in [0.05, 0.1) is 6.10 Å². The maximum atomic E-state index is 12.0. The summed E-state index contributed by atoms with van der Waals surface area (Å²) in [4.78, 5) is 14.5. The molecule has 1 aromatic carbocycles. The minimum absolute atomic E-state index is 0.148. The van der Waals surface area contributed by atoms with Crippen molar-refractivity contribution in [2.45, 2.75) is 37.8 Å². The number of ether oxygens (including phenoxy) is 1. The van der Waals surface area contributed by atoms with Crippen LogP contribution in [0.1, 0.15) is 25.7 Å². The van der Waals surface area contributed by atoms with Gasteiger partial charge in [-0.25, -0.2) is 4.79 Å². The topological polar surface area (TPSA) is 53.6 Å². The van der Waals surface area contributed by atoms with Crippen LogP contribution >= 0.6 is 11.6 Å². The average Bonchev–Trinajstić information content (AvgIpc) is 3.04. The summed E-state index contributed by atoms with van der Waals surface area (Å²) in [5, 5.41) is 6.56. The highest BCUT2D eigenvalue weighted by Gasteiger charge is 2.24. The van der Waals surface area contributed by atoms with Gasteiger partial charge in [0.15, 0.2) is 0 Å². The molecule has 2 N–H and O–H groups in total. The molecule has 1 aromatic rings. The Kier molecular flexibility index (Phi) is 5.75. The zero-order valence-electron chi connectivity index (χ0n) is 13.3. The third-order valence-electron chi connectivity index (χ3n) is 4.51. The summed E-state index contributed by atoms with van der Waals surface area (Å²) < 4.78 is 5.69. The van der Waals surface area contributed by atoms with Crippen molar-refractivity contribution >= 4 is 23.3 Å². The summed E-state index contributed by atoms with van der Waals surface area (Å²) in [6.45, 7) is 3.98. The molecule has 2 aliphatic rings. The van der Waals surface area contributed by atoms with Crippen LogP contribution in [0.25, 0.3) is 0 Å². The maximum absolute atomic E-state index is 12.0. The first-order chi connectivity index (χ1) is 11.2. The Hall–Kier alpha value is -1.30. The highest BCUT2D eigenvalue weighted by Crippen LogP contribution is 2.17. The van der Waals surface area contributed by atoms with Crippen LogP contribution in [0, 0.1) is 0 Å². The van der Waals surface area contributed by atoms with Gasteiger partial charge < -0.3 is 20.3 Å². The van der Waals surface area contributed by atoms with Crippen LogP contribution in [-0.4, -0.2) is 49.3 Å². The fraction of sp³-hybridized carbons (Fsp3) is 0.588. The Bertz CT molecular complexity index is 509. The molecule has 23 heavy (non-hydrogen) atoms. The number of benzene rings is 1. The van der Waals surface area contributed by atoms with Gasteiger partial charge in [-0.2, -0.15) is 0 Å². The number of piperidine rings is 1. The molecule has 1 unspecified atom stereocenters. The van der Waals surface area contributed by atoms with Crippen LogP contribution in [0.4, 0.5) is 10.5 Å². The second kappa shape index (κ2) is 7.99. The molecule has 1 atom stereocenters. The van der Waals surface area contributed by atoms with Crippen molar-refractivity contribution in [3.63, 3.8) is 0 Å². The number of likely N-dealkylation sites (tertiary alicyclic amines) is 1. The fourth-order valence-corrected chi connectivity index (χ4v) is 3.35. The summed E-state index contributed by atoms with van der Waals surface area (Å²) >= 11 is 5.84. The molecule has 0 spiro atoms. The predicted octanol–water partition coefficient (Wildman–Crippen LogP) is 3.10. The Morgan fingerprint density at radius 2 is 1.96 bits per heavy atom. The van der Waals surface area contributed by atoms with E-state index in [0.717, 1.165) is 44.8 Å². The Morgan fingerprint density at radius 1 is 1.22 bits per heavy atom. The second-order valence-electron chi connectivity index (χ2n) is 6.32. The molecular formula is C17H24ClN3O2. The van der Waals surface area contributed by atoms with Gasteiger partial charge in [-0.15, -0.1) is 0 Å². The molecule has 0 aromatic heterocycles. The lowest BCUT2D eigenvalue weighted by Gasteiger charge is -2.33. The Labute approximate surface area is 142 Å². The number of halogens is 1. The maximum Gasteiger partial charge on any atom is 0.319 e. The molecule has 126 valence electrons. The number of nitrogens with one attached hydrogen (secondary N) is 2. The van der Waals surface area contributed by atoms with Gasteiger partial charge >= 0.3 is 6.03 Å². The smallest absolute Gasteiger partial charge is 0.319 e.